The summed E-state index contributed by atoms with van der Waals surface area (Å²) in [5.74, 6) is 0.641. The lowest BCUT2D eigenvalue weighted by Crippen LogP contribution is -2.31. The number of anilines is 1. The van der Waals surface area contributed by atoms with Crippen molar-refractivity contribution in [2.24, 2.45) is 5.92 Å². The molecule has 0 amide bonds. The number of nitrogen functional groups attached to an aromatic ring is 1. The molecule has 5 nitrogen and oxygen atoms in total. The summed E-state index contributed by atoms with van der Waals surface area (Å²) in [4.78, 5) is 0.899. The normalized spacial score (nSPS) is 13.3. The molecule has 1 unspecified atom stereocenters. The van der Waals surface area contributed by atoms with Gasteiger partial charge in [-0.1, -0.05) is 19.1 Å². The number of aliphatic hydroxyl groups is 1. The molecule has 4 N–H and O–H groups in total. The molecule has 0 saturated carbocycles. The molecule has 0 spiro atoms. The Morgan fingerprint density at radius 2 is 2.10 bits per heavy atom. The maximum absolute atomic E-state index is 11.8. The molecule has 1 atom stereocenters. The van der Waals surface area contributed by atoms with Crippen molar-refractivity contribution in [1.82, 2.24) is 4.72 Å². The Hall–Kier alpha value is -0.760. The smallest absolute Gasteiger partial charge is 0.212 e. The number of hydrogen-bond acceptors (Lipinski definition) is 5. The van der Waals surface area contributed by atoms with Crippen molar-refractivity contribution in [2.45, 2.75) is 18.2 Å². The molecule has 7 heteroatoms. The van der Waals surface area contributed by atoms with Gasteiger partial charge in [-0.05, 0) is 24.5 Å². The average molecular weight is 318 g/mol. The first-order chi connectivity index (χ1) is 9.44. The number of thioether (sulfide) groups is 1. The van der Waals surface area contributed by atoms with Crippen LogP contribution in [0.15, 0.2) is 29.2 Å². The number of sulfonamides is 1. The maximum atomic E-state index is 11.8. The van der Waals surface area contributed by atoms with Gasteiger partial charge in [-0.25, -0.2) is 13.1 Å². The molecule has 0 radical (unpaired) electrons. The van der Waals surface area contributed by atoms with Gasteiger partial charge in [0.15, 0.2) is 0 Å². The molecule has 0 bridgehead atoms. The highest BCUT2D eigenvalue weighted by Crippen LogP contribution is 2.24. The number of para-hydroxylation sites is 1. The monoisotopic (exact) mass is 318 g/mol. The van der Waals surface area contributed by atoms with Crippen LogP contribution in [0.2, 0.25) is 0 Å². The fourth-order valence-corrected chi connectivity index (χ4v) is 4.06. The predicted octanol–water partition coefficient (Wildman–Crippen LogP) is 1.30. The lowest BCUT2D eigenvalue weighted by molar-refractivity contribution is 0.263. The fourth-order valence-electron chi connectivity index (χ4n) is 1.54. The first kappa shape index (κ1) is 17.3. The van der Waals surface area contributed by atoms with E-state index in [1.54, 1.807) is 6.07 Å². The summed E-state index contributed by atoms with van der Waals surface area (Å²) >= 11 is 1.43. The maximum Gasteiger partial charge on any atom is 0.212 e. The lowest BCUT2D eigenvalue weighted by atomic mass is 10.1. The third-order valence-electron chi connectivity index (χ3n) is 2.80. The summed E-state index contributed by atoms with van der Waals surface area (Å²) in [6.45, 7) is 2.34. The molecule has 1 aromatic rings. The minimum absolute atomic E-state index is 0.0534. The molecular formula is C13H22N2O3S2. The molecule has 20 heavy (non-hydrogen) atoms. The Balaban J connectivity index is 2.35. The topological polar surface area (TPSA) is 92.4 Å². The lowest BCUT2D eigenvalue weighted by Gasteiger charge is -2.11. The van der Waals surface area contributed by atoms with Gasteiger partial charge in [-0.2, -0.15) is 0 Å². The largest absolute Gasteiger partial charge is 0.398 e. The number of hydrogen-bond donors (Lipinski definition) is 3. The van der Waals surface area contributed by atoms with E-state index < -0.39 is 10.0 Å². The van der Waals surface area contributed by atoms with Crippen LogP contribution in [0, 0.1) is 5.92 Å². The number of benzene rings is 1. The van der Waals surface area contributed by atoms with E-state index in [0.29, 0.717) is 24.4 Å². The van der Waals surface area contributed by atoms with Gasteiger partial charge in [0.05, 0.1) is 5.75 Å². The van der Waals surface area contributed by atoms with Crippen LogP contribution < -0.4 is 10.5 Å². The second-order valence-corrected chi connectivity index (χ2v) is 7.73. The summed E-state index contributed by atoms with van der Waals surface area (Å²) in [6, 6.07) is 7.40. The van der Waals surface area contributed by atoms with Crippen molar-refractivity contribution in [3.8, 4) is 0 Å². The second-order valence-electron chi connectivity index (χ2n) is 4.67. The summed E-state index contributed by atoms with van der Waals surface area (Å²) in [5.41, 5.74) is 6.46. The van der Waals surface area contributed by atoms with Crippen LogP contribution >= 0.6 is 11.8 Å². The van der Waals surface area contributed by atoms with Crippen molar-refractivity contribution in [2.75, 3.05) is 30.4 Å². The highest BCUT2D eigenvalue weighted by molar-refractivity contribution is 8.00. The number of nitrogens with two attached hydrogens (primary N) is 1. The molecule has 0 aromatic heterocycles. The molecular weight excluding hydrogens is 296 g/mol. The molecule has 0 aliphatic heterocycles. The van der Waals surface area contributed by atoms with Crippen LogP contribution in [0.1, 0.15) is 13.3 Å². The van der Waals surface area contributed by atoms with Crippen LogP contribution in [0.25, 0.3) is 0 Å². The third-order valence-corrected chi connectivity index (χ3v) is 5.50. The van der Waals surface area contributed by atoms with E-state index in [0.717, 1.165) is 4.90 Å². The van der Waals surface area contributed by atoms with Crippen LogP contribution in [-0.2, 0) is 10.0 Å². The molecule has 0 aliphatic rings. The SMILES string of the molecule is CC(CCO)CNS(=O)(=O)CCSc1ccccc1N. The van der Waals surface area contributed by atoms with E-state index in [4.69, 9.17) is 10.8 Å². The zero-order chi connectivity index (χ0) is 15.0. The zero-order valence-electron chi connectivity index (χ0n) is 11.6. The van der Waals surface area contributed by atoms with Gasteiger partial charge in [0, 0.05) is 29.5 Å². The van der Waals surface area contributed by atoms with Crippen LogP contribution in [-0.4, -0.2) is 38.2 Å². The van der Waals surface area contributed by atoms with Crippen LogP contribution in [0.5, 0.6) is 0 Å². The number of nitrogens with one attached hydrogen (secondary N) is 1. The minimum atomic E-state index is -3.27. The summed E-state index contributed by atoms with van der Waals surface area (Å²) in [7, 11) is -3.27. The highest BCUT2D eigenvalue weighted by Gasteiger charge is 2.12. The Kier molecular flexibility index (Phi) is 7.36. The van der Waals surface area contributed by atoms with E-state index >= 15 is 0 Å². The van der Waals surface area contributed by atoms with Gasteiger partial charge in [-0.15, -0.1) is 11.8 Å². The molecule has 0 aliphatic carbocycles. The molecule has 0 heterocycles. The van der Waals surface area contributed by atoms with Gasteiger partial charge < -0.3 is 10.8 Å². The van der Waals surface area contributed by atoms with Gasteiger partial charge >= 0.3 is 0 Å². The number of aliphatic hydroxyl groups excluding tert-OH is 1. The van der Waals surface area contributed by atoms with Crippen molar-refractivity contribution in [3.63, 3.8) is 0 Å². The molecule has 0 fully saturated rings. The standard InChI is InChI=1S/C13H22N2O3S2/c1-11(6-7-16)10-15-20(17,18)9-8-19-13-5-3-2-4-12(13)14/h2-5,11,15-16H,6-10,14H2,1H3. The van der Waals surface area contributed by atoms with Gasteiger partial charge in [0.1, 0.15) is 0 Å². The van der Waals surface area contributed by atoms with Crippen LogP contribution in [0.4, 0.5) is 5.69 Å². The fraction of sp³-hybridized carbons (Fsp3) is 0.538. The molecule has 114 valence electrons. The minimum Gasteiger partial charge on any atom is -0.398 e. The first-order valence-corrected chi connectivity index (χ1v) is 9.14. The number of rotatable bonds is 9. The molecule has 0 saturated heterocycles. The highest BCUT2D eigenvalue weighted by atomic mass is 32.2. The van der Waals surface area contributed by atoms with Gasteiger partial charge in [0.2, 0.25) is 10.0 Å². The second kappa shape index (κ2) is 8.51. The Labute approximate surface area is 125 Å². The Morgan fingerprint density at radius 1 is 1.40 bits per heavy atom. The van der Waals surface area contributed by atoms with Crippen molar-refractivity contribution >= 4 is 27.5 Å². The summed E-state index contributed by atoms with van der Waals surface area (Å²) in [5, 5.41) is 8.77. The van der Waals surface area contributed by atoms with Crippen molar-refractivity contribution in [1.29, 1.82) is 0 Å². The van der Waals surface area contributed by atoms with Gasteiger partial charge in [-0.3, -0.25) is 0 Å². The average Bonchev–Trinajstić information content (AvgIpc) is 2.39. The van der Waals surface area contributed by atoms with E-state index in [1.807, 2.05) is 25.1 Å². The summed E-state index contributed by atoms with van der Waals surface area (Å²) < 4.78 is 26.2. The van der Waals surface area contributed by atoms with Crippen molar-refractivity contribution in [3.05, 3.63) is 24.3 Å². The Morgan fingerprint density at radius 3 is 2.75 bits per heavy atom. The predicted molar refractivity (Wildman–Crippen MR) is 84.2 cm³/mol. The van der Waals surface area contributed by atoms with E-state index in [2.05, 4.69) is 4.72 Å². The zero-order valence-corrected chi connectivity index (χ0v) is 13.2. The third kappa shape index (κ3) is 6.60. The Bertz CT molecular complexity index is 506. The molecule has 1 aromatic carbocycles. The molecule has 1 rings (SSSR count). The van der Waals surface area contributed by atoms with Gasteiger partial charge in [0.25, 0.3) is 0 Å². The van der Waals surface area contributed by atoms with E-state index in [1.165, 1.54) is 11.8 Å². The van der Waals surface area contributed by atoms with E-state index in [-0.39, 0.29) is 18.3 Å². The van der Waals surface area contributed by atoms with Crippen molar-refractivity contribution < 1.29 is 13.5 Å². The summed E-state index contributed by atoms with van der Waals surface area (Å²) in [6.07, 6.45) is 0.595. The van der Waals surface area contributed by atoms with E-state index in [9.17, 15) is 8.42 Å². The van der Waals surface area contributed by atoms with Crippen LogP contribution in [0.3, 0.4) is 0 Å². The first-order valence-electron chi connectivity index (χ1n) is 6.50. The quantitative estimate of drug-likeness (QED) is 0.471.